The fraction of sp³-hybridized carbons (Fsp3) is 0.583. The second-order valence-corrected chi connectivity index (χ2v) is 4.00. The first kappa shape index (κ1) is 14.9. The Labute approximate surface area is 104 Å². The molecule has 0 fully saturated rings. The summed E-state index contributed by atoms with van der Waals surface area (Å²) in [7, 11) is 0. The van der Waals surface area contributed by atoms with Gasteiger partial charge in [-0.25, -0.2) is 0 Å². The molecule has 0 saturated heterocycles. The number of pyridine rings is 1. The molecule has 1 rings (SSSR count). The van der Waals surface area contributed by atoms with Gasteiger partial charge in [0.15, 0.2) is 0 Å². The molecule has 1 unspecified atom stereocenters. The molecular formula is C12H16F3NO2. The summed E-state index contributed by atoms with van der Waals surface area (Å²) in [5, 5.41) is 9.49. The number of aromatic nitrogens is 1. The largest absolute Gasteiger partial charge is 0.411 e. The Morgan fingerprint density at radius 2 is 2.11 bits per heavy atom. The molecule has 0 spiro atoms. The van der Waals surface area contributed by atoms with Gasteiger partial charge in [0.2, 0.25) is 0 Å². The van der Waals surface area contributed by atoms with Crippen LogP contribution in [-0.4, -0.2) is 35.6 Å². The van der Waals surface area contributed by atoms with E-state index in [0.29, 0.717) is 5.69 Å². The minimum atomic E-state index is -4.36. The normalized spacial score (nSPS) is 13.6. The van der Waals surface area contributed by atoms with Gasteiger partial charge in [-0.05, 0) is 18.1 Å². The van der Waals surface area contributed by atoms with Gasteiger partial charge < -0.3 is 9.84 Å². The van der Waals surface area contributed by atoms with Crippen molar-refractivity contribution in [1.82, 2.24) is 4.98 Å². The molecule has 1 atom stereocenters. The highest BCUT2D eigenvalue weighted by Gasteiger charge is 2.27. The number of nitrogens with zero attached hydrogens (tertiary/aromatic N) is 1. The highest BCUT2D eigenvalue weighted by molar-refractivity contribution is 5.14. The van der Waals surface area contributed by atoms with Gasteiger partial charge in [0, 0.05) is 18.3 Å². The van der Waals surface area contributed by atoms with Crippen molar-refractivity contribution in [3.05, 3.63) is 29.6 Å². The van der Waals surface area contributed by atoms with Gasteiger partial charge in [0.1, 0.15) is 6.61 Å². The van der Waals surface area contributed by atoms with E-state index in [0.717, 1.165) is 12.0 Å². The summed E-state index contributed by atoms with van der Waals surface area (Å²) in [6.07, 6.45) is -2.60. The van der Waals surface area contributed by atoms with E-state index in [4.69, 9.17) is 0 Å². The lowest BCUT2D eigenvalue weighted by Crippen LogP contribution is -2.24. The maximum Gasteiger partial charge on any atom is 0.411 e. The lowest BCUT2D eigenvalue weighted by atomic mass is 10.1. The van der Waals surface area contributed by atoms with E-state index < -0.39 is 18.9 Å². The van der Waals surface area contributed by atoms with Gasteiger partial charge in [-0.2, -0.15) is 13.2 Å². The van der Waals surface area contributed by atoms with Gasteiger partial charge in [0.05, 0.1) is 12.7 Å². The van der Waals surface area contributed by atoms with Crippen LogP contribution in [-0.2, 0) is 17.6 Å². The molecule has 18 heavy (non-hydrogen) atoms. The Morgan fingerprint density at radius 1 is 1.39 bits per heavy atom. The molecule has 0 aliphatic heterocycles. The number of hydrogen-bond acceptors (Lipinski definition) is 3. The summed E-state index contributed by atoms with van der Waals surface area (Å²) in [5.74, 6) is 0. The number of aryl methyl sites for hydroxylation is 1. The maximum absolute atomic E-state index is 11.8. The van der Waals surface area contributed by atoms with Crippen molar-refractivity contribution < 1.29 is 23.0 Å². The second-order valence-electron chi connectivity index (χ2n) is 4.00. The summed E-state index contributed by atoms with van der Waals surface area (Å²) in [5.41, 5.74) is 1.71. The maximum atomic E-state index is 11.8. The van der Waals surface area contributed by atoms with E-state index >= 15 is 0 Å². The first-order valence-electron chi connectivity index (χ1n) is 5.67. The van der Waals surface area contributed by atoms with Gasteiger partial charge >= 0.3 is 6.18 Å². The number of halogens is 3. The van der Waals surface area contributed by atoms with Crippen molar-refractivity contribution in [3.8, 4) is 0 Å². The fourth-order valence-electron chi connectivity index (χ4n) is 1.40. The van der Waals surface area contributed by atoms with Crippen molar-refractivity contribution >= 4 is 0 Å². The first-order valence-corrected chi connectivity index (χ1v) is 5.67. The Balaban J connectivity index is 2.32. The highest BCUT2D eigenvalue weighted by atomic mass is 19.4. The van der Waals surface area contributed by atoms with Gasteiger partial charge in [0.25, 0.3) is 0 Å². The third-order valence-electron chi connectivity index (χ3n) is 2.31. The van der Waals surface area contributed by atoms with Crippen LogP contribution in [0.4, 0.5) is 13.2 Å². The van der Waals surface area contributed by atoms with Crippen molar-refractivity contribution in [1.29, 1.82) is 0 Å². The summed E-state index contributed by atoms with van der Waals surface area (Å²) < 4.78 is 39.8. The Bertz CT molecular complexity index is 351. The fourth-order valence-corrected chi connectivity index (χ4v) is 1.40. The third kappa shape index (κ3) is 5.97. The van der Waals surface area contributed by atoms with E-state index in [2.05, 4.69) is 9.72 Å². The molecule has 102 valence electrons. The summed E-state index contributed by atoms with van der Waals surface area (Å²) in [6, 6.07) is 3.64. The standard InChI is InChI=1S/C12H16F3NO2/c1-2-9-3-4-10(16-6-9)5-11(17)7-18-8-12(13,14)15/h3-4,6,11,17H,2,5,7-8H2,1H3. The zero-order valence-corrected chi connectivity index (χ0v) is 10.1. The van der Waals surface area contributed by atoms with Crippen LogP contribution in [0.1, 0.15) is 18.2 Å². The first-order chi connectivity index (χ1) is 8.40. The van der Waals surface area contributed by atoms with E-state index in [1.807, 2.05) is 13.0 Å². The van der Waals surface area contributed by atoms with Crippen LogP contribution in [0.25, 0.3) is 0 Å². The van der Waals surface area contributed by atoms with Crippen LogP contribution in [0.5, 0.6) is 0 Å². The minimum Gasteiger partial charge on any atom is -0.390 e. The average molecular weight is 263 g/mol. The van der Waals surface area contributed by atoms with Crippen molar-refractivity contribution in [2.75, 3.05) is 13.2 Å². The monoisotopic (exact) mass is 263 g/mol. The smallest absolute Gasteiger partial charge is 0.390 e. The van der Waals surface area contributed by atoms with Crippen LogP contribution < -0.4 is 0 Å². The highest BCUT2D eigenvalue weighted by Crippen LogP contribution is 2.14. The Morgan fingerprint density at radius 3 is 2.61 bits per heavy atom. The predicted molar refractivity (Wildman–Crippen MR) is 60.2 cm³/mol. The van der Waals surface area contributed by atoms with Crippen LogP contribution >= 0.6 is 0 Å². The molecule has 1 heterocycles. The predicted octanol–water partition coefficient (Wildman–Crippen LogP) is 2.13. The molecule has 1 aromatic rings. The minimum absolute atomic E-state index is 0.182. The number of aliphatic hydroxyl groups is 1. The van der Waals surface area contributed by atoms with E-state index in [-0.39, 0.29) is 13.0 Å². The SMILES string of the molecule is CCc1ccc(CC(O)COCC(F)(F)F)nc1. The van der Waals surface area contributed by atoms with Crippen LogP contribution in [0, 0.1) is 0 Å². The molecule has 0 radical (unpaired) electrons. The molecule has 6 heteroatoms. The number of ether oxygens (including phenoxy) is 1. The van der Waals surface area contributed by atoms with Crippen LogP contribution in [0.3, 0.4) is 0 Å². The molecule has 0 aromatic carbocycles. The third-order valence-corrected chi connectivity index (χ3v) is 2.31. The Kier molecular flexibility index (Phi) is 5.55. The van der Waals surface area contributed by atoms with Gasteiger partial charge in [-0.15, -0.1) is 0 Å². The lowest BCUT2D eigenvalue weighted by Gasteiger charge is -2.12. The van der Waals surface area contributed by atoms with E-state index in [1.165, 1.54) is 0 Å². The van der Waals surface area contributed by atoms with Gasteiger partial charge in [-0.1, -0.05) is 13.0 Å². The van der Waals surface area contributed by atoms with E-state index in [1.54, 1.807) is 12.3 Å². The zero-order chi connectivity index (χ0) is 13.6. The van der Waals surface area contributed by atoms with Crippen molar-refractivity contribution in [3.63, 3.8) is 0 Å². The molecule has 0 amide bonds. The molecular weight excluding hydrogens is 247 g/mol. The summed E-state index contributed by atoms with van der Waals surface area (Å²) >= 11 is 0. The topological polar surface area (TPSA) is 42.4 Å². The molecule has 0 aliphatic rings. The van der Waals surface area contributed by atoms with E-state index in [9.17, 15) is 18.3 Å². The lowest BCUT2D eigenvalue weighted by molar-refractivity contribution is -0.179. The quantitative estimate of drug-likeness (QED) is 0.855. The van der Waals surface area contributed by atoms with Crippen LogP contribution in [0.2, 0.25) is 0 Å². The average Bonchev–Trinajstić information content (AvgIpc) is 2.28. The number of alkyl halides is 3. The summed E-state index contributed by atoms with van der Waals surface area (Å²) in [6.45, 7) is 0.305. The Hall–Kier alpha value is -1.14. The number of aliphatic hydroxyl groups excluding tert-OH is 1. The number of rotatable bonds is 6. The molecule has 3 nitrogen and oxygen atoms in total. The van der Waals surface area contributed by atoms with Gasteiger partial charge in [-0.3, -0.25) is 4.98 Å². The number of hydrogen-bond donors (Lipinski definition) is 1. The van der Waals surface area contributed by atoms with Crippen LogP contribution in [0.15, 0.2) is 18.3 Å². The molecule has 0 saturated carbocycles. The molecule has 0 bridgehead atoms. The van der Waals surface area contributed by atoms with Crippen molar-refractivity contribution in [2.24, 2.45) is 0 Å². The molecule has 1 aromatic heterocycles. The summed E-state index contributed by atoms with van der Waals surface area (Å²) in [4.78, 5) is 4.11. The second kappa shape index (κ2) is 6.70. The molecule has 0 aliphatic carbocycles. The van der Waals surface area contributed by atoms with Crippen molar-refractivity contribution in [2.45, 2.75) is 32.0 Å². The zero-order valence-electron chi connectivity index (χ0n) is 10.1. The molecule has 1 N–H and O–H groups in total.